The number of alkyl halides is 3. The lowest BCUT2D eigenvalue weighted by atomic mass is 10.1. The SMILES string of the molecule is O=C(/C(=N/O)c1ccc([N+](=O)[O-])cc1)C(F)(F)F. The van der Waals surface area contributed by atoms with Gasteiger partial charge in [-0.15, -0.1) is 0 Å². The van der Waals surface area contributed by atoms with Crippen molar-refractivity contribution < 1.29 is 28.1 Å². The van der Waals surface area contributed by atoms with Crippen LogP contribution in [0.1, 0.15) is 5.56 Å². The molecule has 0 amide bonds. The Balaban J connectivity index is 3.12. The fourth-order valence-corrected chi connectivity index (χ4v) is 1.11. The van der Waals surface area contributed by atoms with Crippen LogP contribution in [0.3, 0.4) is 0 Å². The third-order valence-electron chi connectivity index (χ3n) is 1.92. The van der Waals surface area contributed by atoms with Gasteiger partial charge in [-0.2, -0.15) is 13.2 Å². The van der Waals surface area contributed by atoms with Crippen LogP contribution in [0.4, 0.5) is 18.9 Å². The predicted octanol–water partition coefficient (Wildman–Crippen LogP) is 1.90. The molecule has 0 atom stereocenters. The van der Waals surface area contributed by atoms with Crippen LogP contribution < -0.4 is 0 Å². The summed E-state index contributed by atoms with van der Waals surface area (Å²) in [6.45, 7) is 0. The van der Waals surface area contributed by atoms with Gasteiger partial charge in [-0.25, -0.2) is 0 Å². The van der Waals surface area contributed by atoms with Gasteiger partial charge in [0, 0.05) is 17.7 Å². The lowest BCUT2D eigenvalue weighted by Gasteiger charge is -2.06. The predicted molar refractivity (Wildman–Crippen MR) is 52.5 cm³/mol. The van der Waals surface area contributed by atoms with E-state index >= 15 is 0 Å². The Bertz CT molecular complexity index is 508. The largest absolute Gasteiger partial charge is 0.456 e. The van der Waals surface area contributed by atoms with E-state index in [-0.39, 0.29) is 11.3 Å². The smallest absolute Gasteiger partial charge is 0.410 e. The summed E-state index contributed by atoms with van der Waals surface area (Å²) in [5, 5.41) is 21.0. The van der Waals surface area contributed by atoms with E-state index in [1.165, 1.54) is 0 Å². The Hall–Kier alpha value is -2.45. The number of halogens is 3. The van der Waals surface area contributed by atoms with E-state index < -0.39 is 22.6 Å². The Labute approximate surface area is 97.5 Å². The number of non-ortho nitro benzene ring substituents is 1. The molecule has 0 saturated carbocycles. The minimum absolute atomic E-state index is 0.365. The zero-order valence-corrected chi connectivity index (χ0v) is 8.51. The lowest BCUT2D eigenvalue weighted by molar-refractivity contribution is -0.384. The van der Waals surface area contributed by atoms with E-state index in [1.54, 1.807) is 0 Å². The molecule has 18 heavy (non-hydrogen) atoms. The van der Waals surface area contributed by atoms with Crippen molar-refractivity contribution >= 4 is 17.2 Å². The van der Waals surface area contributed by atoms with Crippen molar-refractivity contribution in [3.05, 3.63) is 39.9 Å². The molecule has 1 aromatic rings. The third kappa shape index (κ3) is 2.81. The monoisotopic (exact) mass is 262 g/mol. The van der Waals surface area contributed by atoms with Crippen molar-refractivity contribution in [1.82, 2.24) is 0 Å². The highest BCUT2D eigenvalue weighted by Gasteiger charge is 2.42. The molecule has 1 rings (SSSR count). The number of rotatable bonds is 3. The summed E-state index contributed by atoms with van der Waals surface area (Å²) in [6, 6.07) is 3.56. The zero-order valence-electron chi connectivity index (χ0n) is 8.51. The van der Waals surface area contributed by atoms with Crippen molar-refractivity contribution in [2.24, 2.45) is 5.16 Å². The van der Waals surface area contributed by atoms with Crippen LogP contribution in [-0.4, -0.2) is 27.8 Å². The van der Waals surface area contributed by atoms with E-state index in [0.717, 1.165) is 24.3 Å². The number of benzene rings is 1. The quantitative estimate of drug-likeness (QED) is 0.389. The molecule has 0 aromatic heterocycles. The van der Waals surface area contributed by atoms with Crippen LogP contribution in [0.2, 0.25) is 0 Å². The van der Waals surface area contributed by atoms with Gasteiger partial charge in [-0.3, -0.25) is 14.9 Å². The van der Waals surface area contributed by atoms with Gasteiger partial charge in [0.1, 0.15) is 0 Å². The number of carbonyl (C=O) groups is 1. The second-order valence-electron chi connectivity index (χ2n) is 3.08. The molecule has 1 N–H and O–H groups in total. The van der Waals surface area contributed by atoms with Crippen LogP contribution in [0.15, 0.2) is 29.4 Å². The summed E-state index contributed by atoms with van der Waals surface area (Å²) in [7, 11) is 0. The molecule has 0 heterocycles. The molecule has 0 aliphatic heterocycles. The van der Waals surface area contributed by atoms with Crippen molar-refractivity contribution in [1.29, 1.82) is 0 Å². The highest BCUT2D eigenvalue weighted by molar-refractivity contribution is 6.47. The van der Waals surface area contributed by atoms with E-state index in [4.69, 9.17) is 5.21 Å². The number of ketones is 1. The minimum atomic E-state index is -5.19. The maximum absolute atomic E-state index is 12.1. The number of oxime groups is 1. The highest BCUT2D eigenvalue weighted by atomic mass is 19.4. The number of nitro groups is 1. The lowest BCUT2D eigenvalue weighted by Crippen LogP contribution is -2.31. The minimum Gasteiger partial charge on any atom is -0.410 e. The zero-order chi connectivity index (χ0) is 13.9. The summed E-state index contributed by atoms with van der Waals surface area (Å²) in [5.41, 5.74) is -1.96. The first-order valence-corrected chi connectivity index (χ1v) is 4.35. The summed E-state index contributed by atoms with van der Waals surface area (Å²) in [5.74, 6) is -2.33. The first-order valence-electron chi connectivity index (χ1n) is 4.35. The molecule has 0 fully saturated rings. The topological polar surface area (TPSA) is 92.8 Å². The van der Waals surface area contributed by atoms with Crippen molar-refractivity contribution in [3.63, 3.8) is 0 Å². The molecule has 0 bridgehead atoms. The van der Waals surface area contributed by atoms with Gasteiger partial charge < -0.3 is 5.21 Å². The van der Waals surface area contributed by atoms with Gasteiger partial charge in [0.2, 0.25) is 0 Å². The van der Waals surface area contributed by atoms with E-state index in [9.17, 15) is 28.1 Å². The first-order chi connectivity index (χ1) is 8.27. The summed E-state index contributed by atoms with van der Waals surface area (Å²) >= 11 is 0. The van der Waals surface area contributed by atoms with E-state index in [0.29, 0.717) is 0 Å². The maximum Gasteiger partial charge on any atom is 0.456 e. The van der Waals surface area contributed by atoms with Crippen LogP contribution >= 0.6 is 0 Å². The highest BCUT2D eigenvalue weighted by Crippen LogP contribution is 2.20. The Morgan fingerprint density at radius 3 is 2.11 bits per heavy atom. The molecule has 9 heteroatoms. The number of nitro benzene ring substituents is 1. The standard InChI is InChI=1S/C9H5F3N2O4/c10-9(11,12)8(15)7(13-16)5-1-3-6(4-2-5)14(17)18/h1-4,16H/b13-7+. The van der Waals surface area contributed by atoms with Gasteiger partial charge in [0.25, 0.3) is 11.5 Å². The van der Waals surface area contributed by atoms with E-state index in [1.807, 2.05) is 0 Å². The number of Topliss-reactive ketones (excluding diaryl/α,β-unsaturated/α-hetero) is 1. The van der Waals surface area contributed by atoms with Gasteiger partial charge in [-0.1, -0.05) is 5.16 Å². The van der Waals surface area contributed by atoms with Crippen LogP contribution in [0.5, 0.6) is 0 Å². The normalized spacial score (nSPS) is 12.3. The van der Waals surface area contributed by atoms with Crippen molar-refractivity contribution in [3.8, 4) is 0 Å². The van der Waals surface area contributed by atoms with E-state index in [2.05, 4.69) is 5.16 Å². The molecule has 6 nitrogen and oxygen atoms in total. The summed E-state index contributed by atoms with van der Waals surface area (Å²) in [6.07, 6.45) is -5.19. The van der Waals surface area contributed by atoms with Gasteiger partial charge in [-0.05, 0) is 12.1 Å². The molecular formula is C9H5F3N2O4. The first kappa shape index (κ1) is 13.6. The van der Waals surface area contributed by atoms with Gasteiger partial charge in [0.05, 0.1) is 4.92 Å². The molecule has 0 radical (unpaired) electrons. The summed E-state index contributed by atoms with van der Waals surface area (Å²) < 4.78 is 36.4. The molecule has 0 aliphatic rings. The average Bonchev–Trinajstić information content (AvgIpc) is 2.29. The Morgan fingerprint density at radius 1 is 1.28 bits per heavy atom. The second-order valence-corrected chi connectivity index (χ2v) is 3.08. The van der Waals surface area contributed by atoms with Crippen molar-refractivity contribution in [2.75, 3.05) is 0 Å². The molecule has 0 aliphatic carbocycles. The van der Waals surface area contributed by atoms with Crippen LogP contribution in [-0.2, 0) is 4.79 Å². The molecule has 1 aromatic carbocycles. The summed E-state index contributed by atoms with van der Waals surface area (Å²) in [4.78, 5) is 20.4. The molecule has 0 saturated heterocycles. The molecule has 0 unspecified atom stereocenters. The number of hydrogen-bond donors (Lipinski definition) is 1. The molecule has 0 spiro atoms. The fraction of sp³-hybridized carbons (Fsp3) is 0.111. The maximum atomic E-state index is 12.1. The van der Waals surface area contributed by atoms with Crippen LogP contribution in [0.25, 0.3) is 0 Å². The van der Waals surface area contributed by atoms with Crippen molar-refractivity contribution in [2.45, 2.75) is 6.18 Å². The molecule has 96 valence electrons. The third-order valence-corrected chi connectivity index (χ3v) is 1.92. The van der Waals surface area contributed by atoms with Gasteiger partial charge >= 0.3 is 6.18 Å². The fourth-order valence-electron chi connectivity index (χ4n) is 1.11. The number of nitrogens with zero attached hydrogens (tertiary/aromatic N) is 2. The Morgan fingerprint density at radius 2 is 1.78 bits per heavy atom. The van der Waals surface area contributed by atoms with Gasteiger partial charge in [0.15, 0.2) is 5.71 Å². The Kier molecular flexibility index (Phi) is 3.64. The molecular weight excluding hydrogens is 257 g/mol. The number of carbonyl (C=O) groups excluding carboxylic acids is 1. The average molecular weight is 262 g/mol. The number of hydrogen-bond acceptors (Lipinski definition) is 5. The van der Waals surface area contributed by atoms with Crippen LogP contribution in [0, 0.1) is 10.1 Å². The second kappa shape index (κ2) is 4.82.